The minimum atomic E-state index is 0.339. The van der Waals surface area contributed by atoms with E-state index in [0.29, 0.717) is 12.1 Å². The molecule has 1 aliphatic carbocycles. The molecule has 1 aromatic rings. The van der Waals surface area contributed by atoms with Crippen LogP contribution in [0.1, 0.15) is 31.2 Å². The van der Waals surface area contributed by atoms with Crippen LogP contribution in [0.3, 0.4) is 0 Å². The third-order valence-corrected chi connectivity index (χ3v) is 3.00. The van der Waals surface area contributed by atoms with Crippen molar-refractivity contribution in [1.29, 1.82) is 0 Å². The molecule has 1 saturated carbocycles. The minimum absolute atomic E-state index is 0.339. The van der Waals surface area contributed by atoms with Crippen LogP contribution in [0.15, 0.2) is 10.9 Å². The molecule has 3 rings (SSSR count). The third-order valence-electron chi connectivity index (χ3n) is 3.00. The van der Waals surface area contributed by atoms with Crippen molar-refractivity contribution in [3.05, 3.63) is 12.2 Å². The Bertz CT molecular complexity index is 272. The Labute approximate surface area is 70.3 Å². The van der Waals surface area contributed by atoms with Gasteiger partial charge in [0.25, 0.3) is 0 Å². The SMILES string of the molecule is c1noc(C2NC3CCC2C3)n1. The van der Waals surface area contributed by atoms with Gasteiger partial charge in [0.2, 0.25) is 5.89 Å². The Morgan fingerprint density at radius 2 is 2.50 bits per heavy atom. The van der Waals surface area contributed by atoms with E-state index in [2.05, 4.69) is 15.5 Å². The molecule has 2 bridgehead atoms. The number of nitrogens with one attached hydrogen (secondary N) is 1. The van der Waals surface area contributed by atoms with Crippen LogP contribution in [-0.4, -0.2) is 16.2 Å². The molecule has 12 heavy (non-hydrogen) atoms. The standard InChI is InChI=1S/C8H11N3O/c1-2-6-3-5(1)7(11-6)8-9-4-10-12-8/h4-7,11H,1-3H2. The Morgan fingerprint density at radius 1 is 1.50 bits per heavy atom. The fraction of sp³-hybridized carbons (Fsp3) is 0.750. The molecule has 3 unspecified atom stereocenters. The summed E-state index contributed by atoms with van der Waals surface area (Å²) in [6, 6.07) is 1.04. The lowest BCUT2D eigenvalue weighted by Crippen LogP contribution is -2.28. The van der Waals surface area contributed by atoms with Crippen LogP contribution < -0.4 is 5.32 Å². The predicted molar refractivity (Wildman–Crippen MR) is 41.3 cm³/mol. The van der Waals surface area contributed by atoms with Crippen LogP contribution in [0.25, 0.3) is 0 Å². The third kappa shape index (κ3) is 0.813. The number of rotatable bonds is 1. The second-order valence-electron chi connectivity index (χ2n) is 3.69. The van der Waals surface area contributed by atoms with Crippen molar-refractivity contribution >= 4 is 0 Å². The molecule has 0 spiro atoms. The van der Waals surface area contributed by atoms with Crippen LogP contribution in [0.4, 0.5) is 0 Å². The number of fused-ring (bicyclic) bond motifs is 2. The quantitative estimate of drug-likeness (QED) is 0.671. The Hall–Kier alpha value is -0.900. The monoisotopic (exact) mass is 165 g/mol. The molecule has 2 aliphatic rings. The molecule has 2 heterocycles. The first kappa shape index (κ1) is 6.60. The number of piperidine rings is 1. The first-order valence-corrected chi connectivity index (χ1v) is 4.46. The number of hydrogen-bond acceptors (Lipinski definition) is 4. The first-order chi connectivity index (χ1) is 5.93. The molecule has 1 N–H and O–H groups in total. The lowest BCUT2D eigenvalue weighted by molar-refractivity contribution is 0.285. The summed E-state index contributed by atoms with van der Waals surface area (Å²) in [6.07, 6.45) is 5.38. The molecule has 4 heteroatoms. The van der Waals surface area contributed by atoms with Crippen molar-refractivity contribution in [1.82, 2.24) is 15.5 Å². The highest BCUT2D eigenvalue weighted by atomic mass is 16.5. The average Bonchev–Trinajstić information content (AvgIpc) is 2.81. The molecule has 64 valence electrons. The zero-order valence-electron chi connectivity index (χ0n) is 6.73. The number of aromatic nitrogens is 2. The highest BCUT2D eigenvalue weighted by Crippen LogP contribution is 2.42. The summed E-state index contributed by atoms with van der Waals surface area (Å²) in [5, 5.41) is 7.12. The lowest BCUT2D eigenvalue weighted by atomic mass is 10.0. The summed E-state index contributed by atoms with van der Waals surface area (Å²) in [5.41, 5.74) is 0. The predicted octanol–water partition coefficient (Wildman–Crippen LogP) is 0.883. The number of hydrogen-bond donors (Lipinski definition) is 1. The molecule has 2 fully saturated rings. The zero-order valence-corrected chi connectivity index (χ0v) is 6.73. The normalized spacial score (nSPS) is 39.2. The second-order valence-corrected chi connectivity index (χ2v) is 3.69. The Kier molecular flexibility index (Phi) is 1.26. The van der Waals surface area contributed by atoms with Crippen molar-refractivity contribution < 1.29 is 4.52 Å². The molecule has 0 radical (unpaired) electrons. The average molecular weight is 165 g/mol. The Balaban J connectivity index is 1.87. The van der Waals surface area contributed by atoms with Crippen LogP contribution in [-0.2, 0) is 0 Å². The van der Waals surface area contributed by atoms with E-state index in [0.717, 1.165) is 11.8 Å². The van der Waals surface area contributed by atoms with E-state index in [1.54, 1.807) is 0 Å². The van der Waals surface area contributed by atoms with Gasteiger partial charge in [0.05, 0.1) is 6.04 Å². The van der Waals surface area contributed by atoms with Gasteiger partial charge >= 0.3 is 0 Å². The van der Waals surface area contributed by atoms with Gasteiger partial charge in [0, 0.05) is 6.04 Å². The van der Waals surface area contributed by atoms with E-state index in [-0.39, 0.29) is 0 Å². The highest BCUT2D eigenvalue weighted by molar-refractivity contribution is 5.03. The highest BCUT2D eigenvalue weighted by Gasteiger charge is 2.42. The van der Waals surface area contributed by atoms with Gasteiger partial charge in [-0.3, -0.25) is 0 Å². The largest absolute Gasteiger partial charge is 0.338 e. The summed E-state index contributed by atoms with van der Waals surface area (Å²) < 4.78 is 5.05. The van der Waals surface area contributed by atoms with Gasteiger partial charge in [-0.15, -0.1) is 0 Å². The van der Waals surface area contributed by atoms with Gasteiger partial charge in [-0.1, -0.05) is 5.16 Å². The molecular formula is C8H11N3O. The van der Waals surface area contributed by atoms with Crippen molar-refractivity contribution in [2.45, 2.75) is 31.3 Å². The molecule has 1 aliphatic heterocycles. The molecule has 3 atom stereocenters. The first-order valence-electron chi connectivity index (χ1n) is 4.46. The number of nitrogens with zero attached hydrogens (tertiary/aromatic N) is 2. The van der Waals surface area contributed by atoms with Gasteiger partial charge in [0.15, 0.2) is 6.33 Å². The molecule has 1 aromatic heterocycles. The van der Waals surface area contributed by atoms with Crippen LogP contribution in [0.5, 0.6) is 0 Å². The summed E-state index contributed by atoms with van der Waals surface area (Å²) in [4.78, 5) is 4.08. The lowest BCUT2D eigenvalue weighted by Gasteiger charge is -2.18. The van der Waals surface area contributed by atoms with E-state index in [1.807, 2.05) is 0 Å². The van der Waals surface area contributed by atoms with E-state index in [4.69, 9.17) is 4.52 Å². The summed E-state index contributed by atoms with van der Waals surface area (Å²) in [5.74, 6) is 1.50. The van der Waals surface area contributed by atoms with E-state index in [9.17, 15) is 0 Å². The van der Waals surface area contributed by atoms with Gasteiger partial charge in [-0.2, -0.15) is 4.98 Å². The van der Waals surface area contributed by atoms with E-state index < -0.39 is 0 Å². The molecule has 4 nitrogen and oxygen atoms in total. The second kappa shape index (κ2) is 2.29. The zero-order chi connectivity index (χ0) is 7.97. The van der Waals surface area contributed by atoms with E-state index in [1.165, 1.54) is 25.6 Å². The maximum atomic E-state index is 5.05. The molecule has 0 aromatic carbocycles. The fourth-order valence-corrected chi connectivity index (χ4v) is 2.45. The summed E-state index contributed by atoms with van der Waals surface area (Å²) in [6.45, 7) is 0. The van der Waals surface area contributed by atoms with Crippen LogP contribution in [0, 0.1) is 5.92 Å². The van der Waals surface area contributed by atoms with Gasteiger partial charge in [0.1, 0.15) is 0 Å². The minimum Gasteiger partial charge on any atom is -0.338 e. The van der Waals surface area contributed by atoms with Crippen LogP contribution >= 0.6 is 0 Å². The van der Waals surface area contributed by atoms with Gasteiger partial charge in [-0.25, -0.2) is 0 Å². The van der Waals surface area contributed by atoms with Crippen molar-refractivity contribution in [3.63, 3.8) is 0 Å². The van der Waals surface area contributed by atoms with Gasteiger partial charge in [-0.05, 0) is 25.2 Å². The van der Waals surface area contributed by atoms with Crippen molar-refractivity contribution in [2.75, 3.05) is 0 Å². The molecule has 0 amide bonds. The van der Waals surface area contributed by atoms with Crippen molar-refractivity contribution in [3.8, 4) is 0 Å². The molecule has 1 saturated heterocycles. The van der Waals surface area contributed by atoms with Crippen LogP contribution in [0.2, 0.25) is 0 Å². The summed E-state index contributed by atoms with van der Waals surface area (Å²) >= 11 is 0. The maximum absolute atomic E-state index is 5.05. The van der Waals surface area contributed by atoms with Crippen molar-refractivity contribution in [2.24, 2.45) is 5.92 Å². The van der Waals surface area contributed by atoms with E-state index >= 15 is 0 Å². The Morgan fingerprint density at radius 3 is 3.08 bits per heavy atom. The fourth-order valence-electron chi connectivity index (χ4n) is 2.45. The topological polar surface area (TPSA) is 51.0 Å². The summed E-state index contributed by atoms with van der Waals surface area (Å²) in [7, 11) is 0. The maximum Gasteiger partial charge on any atom is 0.243 e. The van der Waals surface area contributed by atoms with Gasteiger partial charge < -0.3 is 9.84 Å². The smallest absolute Gasteiger partial charge is 0.243 e. The molecular weight excluding hydrogens is 154 g/mol.